The normalized spacial score (nSPS) is 10.3. The van der Waals surface area contributed by atoms with Gasteiger partial charge >= 0.3 is 7.12 Å². The number of hydrogen-bond acceptors (Lipinski definition) is 4. The van der Waals surface area contributed by atoms with Crippen LogP contribution in [0.5, 0.6) is 5.75 Å². The van der Waals surface area contributed by atoms with Crippen LogP contribution in [-0.4, -0.2) is 29.3 Å². The lowest BCUT2D eigenvalue weighted by molar-refractivity contribution is 0.418. The topological polar surface area (TPSA) is 62.6 Å². The van der Waals surface area contributed by atoms with E-state index in [1.165, 1.54) is 6.20 Å². The largest absolute Gasteiger partial charge is 0.494 e. The van der Waals surface area contributed by atoms with Crippen molar-refractivity contribution in [3.63, 3.8) is 0 Å². The van der Waals surface area contributed by atoms with E-state index in [-0.39, 0.29) is 0 Å². The molecule has 0 spiro atoms. The molecule has 2 aromatic rings. The molecule has 0 bridgehead atoms. The second-order valence-corrected chi connectivity index (χ2v) is 3.13. The highest BCUT2D eigenvalue weighted by Gasteiger charge is 2.15. The molecule has 0 fully saturated rings. The van der Waals surface area contributed by atoms with E-state index in [0.717, 1.165) is 0 Å². The molecule has 76 valence electrons. The van der Waals surface area contributed by atoms with Gasteiger partial charge in [-0.2, -0.15) is 0 Å². The quantitative estimate of drug-likeness (QED) is 0.670. The van der Waals surface area contributed by atoms with Gasteiger partial charge in [0.25, 0.3) is 0 Å². The number of para-hydroxylation sites is 1. The average molecular weight is 203 g/mol. The Kier molecular flexibility index (Phi) is 2.57. The van der Waals surface area contributed by atoms with E-state index in [1.807, 2.05) is 0 Å². The first-order valence-corrected chi connectivity index (χ1v) is 4.52. The summed E-state index contributed by atoms with van der Waals surface area (Å²) in [5.74, 6) is 0.620. The zero-order chi connectivity index (χ0) is 10.8. The Hall–Kier alpha value is -1.59. The molecule has 0 aliphatic rings. The molecule has 0 aliphatic carbocycles. The van der Waals surface area contributed by atoms with Gasteiger partial charge in [-0.15, -0.1) is 0 Å². The van der Waals surface area contributed by atoms with Gasteiger partial charge in [0.15, 0.2) is 0 Å². The van der Waals surface area contributed by atoms with Gasteiger partial charge in [-0.05, 0) is 17.6 Å². The Morgan fingerprint density at radius 3 is 2.73 bits per heavy atom. The SMILES string of the molecule is COc1cccc2c(B(O)O)ccnc12. The third-order valence-corrected chi connectivity index (χ3v) is 2.27. The van der Waals surface area contributed by atoms with Crippen LogP contribution in [0.25, 0.3) is 10.9 Å². The van der Waals surface area contributed by atoms with Gasteiger partial charge in [0, 0.05) is 11.6 Å². The van der Waals surface area contributed by atoms with Gasteiger partial charge in [0.2, 0.25) is 0 Å². The van der Waals surface area contributed by atoms with Gasteiger partial charge in [-0.1, -0.05) is 12.1 Å². The fourth-order valence-corrected chi connectivity index (χ4v) is 1.56. The highest BCUT2D eigenvalue weighted by Crippen LogP contribution is 2.21. The number of pyridine rings is 1. The van der Waals surface area contributed by atoms with Crippen molar-refractivity contribution in [2.45, 2.75) is 0 Å². The van der Waals surface area contributed by atoms with Crippen LogP contribution in [0.3, 0.4) is 0 Å². The minimum atomic E-state index is -1.50. The third kappa shape index (κ3) is 1.67. The maximum atomic E-state index is 9.17. The molecule has 4 nitrogen and oxygen atoms in total. The number of rotatable bonds is 2. The Labute approximate surface area is 87.3 Å². The lowest BCUT2D eigenvalue weighted by Gasteiger charge is -2.07. The molecular formula is C10H10BNO3. The Bertz CT molecular complexity index is 487. The molecule has 0 atom stereocenters. The lowest BCUT2D eigenvalue weighted by Crippen LogP contribution is -2.30. The van der Waals surface area contributed by atoms with Gasteiger partial charge in [0.1, 0.15) is 11.3 Å². The molecule has 15 heavy (non-hydrogen) atoms. The smallest absolute Gasteiger partial charge is 0.489 e. The predicted molar refractivity (Wildman–Crippen MR) is 58.1 cm³/mol. The molecule has 0 saturated carbocycles. The van der Waals surface area contributed by atoms with Crippen molar-refractivity contribution in [1.82, 2.24) is 4.98 Å². The summed E-state index contributed by atoms with van der Waals surface area (Å²) in [6.45, 7) is 0. The maximum absolute atomic E-state index is 9.17. The third-order valence-electron chi connectivity index (χ3n) is 2.27. The minimum Gasteiger partial charge on any atom is -0.494 e. The summed E-state index contributed by atoms with van der Waals surface area (Å²) in [6.07, 6.45) is 1.53. The first-order chi connectivity index (χ1) is 7.24. The minimum absolute atomic E-state index is 0.430. The van der Waals surface area contributed by atoms with Crippen molar-refractivity contribution >= 4 is 23.5 Å². The molecule has 2 N–H and O–H groups in total. The summed E-state index contributed by atoms with van der Waals surface area (Å²) in [7, 11) is 0.0565. The van der Waals surface area contributed by atoms with Crippen molar-refractivity contribution in [2.75, 3.05) is 7.11 Å². The van der Waals surface area contributed by atoms with E-state index in [0.29, 0.717) is 22.1 Å². The molecule has 1 aromatic carbocycles. The Morgan fingerprint density at radius 1 is 1.27 bits per heavy atom. The first-order valence-electron chi connectivity index (χ1n) is 4.52. The van der Waals surface area contributed by atoms with Crippen molar-refractivity contribution in [1.29, 1.82) is 0 Å². The van der Waals surface area contributed by atoms with Crippen LogP contribution in [0.1, 0.15) is 0 Å². The molecular weight excluding hydrogens is 193 g/mol. The molecule has 5 heteroatoms. The zero-order valence-electron chi connectivity index (χ0n) is 8.21. The molecule has 0 unspecified atom stereocenters. The summed E-state index contributed by atoms with van der Waals surface area (Å²) < 4.78 is 5.14. The molecule has 0 radical (unpaired) electrons. The predicted octanol–water partition coefficient (Wildman–Crippen LogP) is -0.0768. The van der Waals surface area contributed by atoms with E-state index in [2.05, 4.69) is 4.98 Å². The van der Waals surface area contributed by atoms with E-state index in [9.17, 15) is 10.0 Å². The van der Waals surface area contributed by atoms with Crippen LogP contribution in [0.4, 0.5) is 0 Å². The Balaban J connectivity index is 2.76. The van der Waals surface area contributed by atoms with Crippen molar-refractivity contribution < 1.29 is 14.8 Å². The average Bonchev–Trinajstić information content (AvgIpc) is 2.27. The Morgan fingerprint density at radius 2 is 2.07 bits per heavy atom. The van der Waals surface area contributed by atoms with Crippen LogP contribution >= 0.6 is 0 Å². The zero-order valence-corrected chi connectivity index (χ0v) is 8.21. The van der Waals surface area contributed by atoms with Gasteiger partial charge < -0.3 is 14.8 Å². The van der Waals surface area contributed by atoms with Crippen LogP contribution in [0.2, 0.25) is 0 Å². The molecule has 2 rings (SSSR count). The molecule has 0 aliphatic heterocycles. The summed E-state index contributed by atoms with van der Waals surface area (Å²) in [4.78, 5) is 4.15. The summed E-state index contributed by atoms with van der Waals surface area (Å²) >= 11 is 0. The fraction of sp³-hybridized carbons (Fsp3) is 0.100. The highest BCUT2D eigenvalue weighted by molar-refractivity contribution is 6.61. The van der Waals surface area contributed by atoms with Crippen molar-refractivity contribution in [3.8, 4) is 5.75 Å². The highest BCUT2D eigenvalue weighted by atomic mass is 16.5. The van der Waals surface area contributed by atoms with Gasteiger partial charge in [-0.3, -0.25) is 4.98 Å². The number of methoxy groups -OCH3 is 1. The summed E-state index contributed by atoms with van der Waals surface area (Å²) in [5.41, 5.74) is 1.06. The van der Waals surface area contributed by atoms with E-state index >= 15 is 0 Å². The van der Waals surface area contributed by atoms with Crippen LogP contribution in [-0.2, 0) is 0 Å². The number of benzene rings is 1. The second-order valence-electron chi connectivity index (χ2n) is 3.13. The van der Waals surface area contributed by atoms with Gasteiger partial charge in [0.05, 0.1) is 7.11 Å². The molecule has 1 aromatic heterocycles. The monoisotopic (exact) mass is 203 g/mol. The maximum Gasteiger partial charge on any atom is 0.489 e. The van der Waals surface area contributed by atoms with Gasteiger partial charge in [-0.25, -0.2) is 0 Å². The fourth-order valence-electron chi connectivity index (χ4n) is 1.56. The molecule has 0 saturated heterocycles. The van der Waals surface area contributed by atoms with E-state index in [4.69, 9.17) is 4.74 Å². The second kappa shape index (κ2) is 3.88. The number of fused-ring (bicyclic) bond motifs is 1. The van der Waals surface area contributed by atoms with Crippen LogP contribution in [0.15, 0.2) is 30.5 Å². The summed E-state index contributed by atoms with van der Waals surface area (Å²) in [6, 6.07) is 6.92. The number of aromatic nitrogens is 1. The lowest BCUT2D eigenvalue weighted by atomic mass is 9.78. The van der Waals surface area contributed by atoms with E-state index in [1.54, 1.807) is 31.4 Å². The number of hydrogen-bond donors (Lipinski definition) is 2. The standard InChI is InChI=1S/C10H10BNO3/c1-15-9-4-2-3-7-8(11(13)14)5-6-12-10(7)9/h2-6,13-14H,1H3. The molecule has 1 heterocycles. The van der Waals surface area contributed by atoms with Crippen molar-refractivity contribution in [3.05, 3.63) is 30.5 Å². The number of ether oxygens (including phenoxy) is 1. The van der Waals surface area contributed by atoms with Crippen LogP contribution in [0, 0.1) is 0 Å². The molecule has 0 amide bonds. The summed E-state index contributed by atoms with van der Waals surface area (Å²) in [5, 5.41) is 19.0. The number of nitrogens with zero attached hydrogens (tertiary/aromatic N) is 1. The first kappa shape index (κ1) is 9.95. The van der Waals surface area contributed by atoms with Crippen molar-refractivity contribution in [2.24, 2.45) is 0 Å². The van der Waals surface area contributed by atoms with Crippen LogP contribution < -0.4 is 10.2 Å². The van der Waals surface area contributed by atoms with E-state index < -0.39 is 7.12 Å².